The normalized spacial score (nSPS) is 37.5. The van der Waals surface area contributed by atoms with E-state index in [-0.39, 0.29) is 18.8 Å². The molecule has 1 aliphatic heterocycles. The molecular formula is C8H14O3. The molecule has 3 nitrogen and oxygen atoms in total. The molecule has 2 N–H and O–H groups in total. The van der Waals surface area contributed by atoms with Crippen molar-refractivity contribution in [3.8, 4) is 0 Å². The van der Waals surface area contributed by atoms with Crippen molar-refractivity contribution >= 4 is 0 Å². The molecule has 64 valence electrons. The van der Waals surface area contributed by atoms with Crippen LogP contribution in [0.4, 0.5) is 0 Å². The Bertz CT molecular complexity index is 135. The largest absolute Gasteiger partial charge is 0.394 e. The van der Waals surface area contributed by atoms with Gasteiger partial charge < -0.3 is 14.9 Å². The van der Waals surface area contributed by atoms with Crippen LogP contribution < -0.4 is 0 Å². The zero-order valence-electron chi connectivity index (χ0n) is 6.44. The number of ether oxygens (including phenoxy) is 1. The molecule has 3 atom stereocenters. The Morgan fingerprint density at radius 3 is 2.82 bits per heavy atom. The van der Waals surface area contributed by atoms with Crippen molar-refractivity contribution in [1.29, 1.82) is 0 Å². The zero-order valence-corrected chi connectivity index (χ0v) is 6.44. The van der Waals surface area contributed by atoms with Crippen LogP contribution in [0.5, 0.6) is 0 Å². The second-order valence-corrected chi connectivity index (χ2v) is 2.81. The van der Waals surface area contributed by atoms with Crippen molar-refractivity contribution in [3.63, 3.8) is 0 Å². The summed E-state index contributed by atoms with van der Waals surface area (Å²) >= 11 is 0. The highest BCUT2D eigenvalue weighted by atomic mass is 16.5. The van der Waals surface area contributed by atoms with Crippen molar-refractivity contribution < 1.29 is 14.9 Å². The first-order valence-electron chi connectivity index (χ1n) is 3.83. The van der Waals surface area contributed by atoms with Crippen molar-refractivity contribution in [2.24, 2.45) is 0 Å². The van der Waals surface area contributed by atoms with E-state index in [1.807, 2.05) is 0 Å². The predicted molar refractivity (Wildman–Crippen MR) is 41.2 cm³/mol. The van der Waals surface area contributed by atoms with Gasteiger partial charge in [-0.3, -0.25) is 0 Å². The Balaban J connectivity index is 2.36. The fraction of sp³-hybridized carbons (Fsp3) is 0.750. The number of aliphatic hydroxyl groups excluding tert-OH is 2. The summed E-state index contributed by atoms with van der Waals surface area (Å²) in [7, 11) is 0. The van der Waals surface area contributed by atoms with Gasteiger partial charge >= 0.3 is 0 Å². The molecule has 1 fully saturated rings. The second-order valence-electron chi connectivity index (χ2n) is 2.81. The third kappa shape index (κ3) is 2.02. The number of aliphatic hydroxyl groups is 2. The maximum atomic E-state index is 9.27. The van der Waals surface area contributed by atoms with Crippen LogP contribution in [0.25, 0.3) is 0 Å². The molecule has 0 radical (unpaired) electrons. The van der Waals surface area contributed by atoms with E-state index < -0.39 is 6.10 Å². The van der Waals surface area contributed by atoms with Crippen LogP contribution in [-0.4, -0.2) is 35.1 Å². The minimum Gasteiger partial charge on any atom is -0.394 e. The molecule has 1 rings (SSSR count). The third-order valence-corrected chi connectivity index (χ3v) is 1.91. The van der Waals surface area contributed by atoms with E-state index in [1.54, 1.807) is 6.08 Å². The Morgan fingerprint density at radius 2 is 2.36 bits per heavy atom. The van der Waals surface area contributed by atoms with E-state index in [9.17, 15) is 5.11 Å². The smallest absolute Gasteiger partial charge is 0.107 e. The van der Waals surface area contributed by atoms with Crippen LogP contribution >= 0.6 is 0 Å². The van der Waals surface area contributed by atoms with Gasteiger partial charge in [-0.2, -0.15) is 0 Å². The standard InChI is InChI=1S/C8H14O3/c1-2-3-6-4-7(10)8(5-9)11-6/h2,6-10H,1,3-5H2/t6-,7+,8-/m1/s1. The molecule has 1 saturated heterocycles. The minimum atomic E-state index is -0.509. The van der Waals surface area contributed by atoms with Crippen molar-refractivity contribution in [3.05, 3.63) is 12.7 Å². The summed E-state index contributed by atoms with van der Waals surface area (Å²) in [6.45, 7) is 3.47. The lowest BCUT2D eigenvalue weighted by Crippen LogP contribution is -2.24. The van der Waals surface area contributed by atoms with Gasteiger partial charge in [-0.1, -0.05) is 6.08 Å². The first kappa shape index (κ1) is 8.71. The second kappa shape index (κ2) is 3.85. The highest BCUT2D eigenvalue weighted by Gasteiger charge is 2.32. The van der Waals surface area contributed by atoms with Gasteiger partial charge in [0, 0.05) is 6.42 Å². The Labute approximate surface area is 66.3 Å². The van der Waals surface area contributed by atoms with Gasteiger partial charge in [0.15, 0.2) is 0 Å². The van der Waals surface area contributed by atoms with Gasteiger partial charge in [-0.15, -0.1) is 6.58 Å². The van der Waals surface area contributed by atoms with E-state index in [0.29, 0.717) is 6.42 Å². The molecule has 3 heteroatoms. The monoisotopic (exact) mass is 158 g/mol. The number of hydrogen-bond donors (Lipinski definition) is 2. The lowest BCUT2D eigenvalue weighted by atomic mass is 10.1. The summed E-state index contributed by atoms with van der Waals surface area (Å²) in [5, 5.41) is 18.0. The summed E-state index contributed by atoms with van der Waals surface area (Å²) in [4.78, 5) is 0. The quantitative estimate of drug-likeness (QED) is 0.571. The molecule has 11 heavy (non-hydrogen) atoms. The lowest BCUT2D eigenvalue weighted by Gasteiger charge is -2.09. The molecule has 0 bridgehead atoms. The molecule has 0 aromatic carbocycles. The first-order chi connectivity index (χ1) is 5.27. The molecule has 0 spiro atoms. The Morgan fingerprint density at radius 1 is 1.64 bits per heavy atom. The summed E-state index contributed by atoms with van der Waals surface area (Å²) in [6.07, 6.45) is 2.26. The highest BCUT2D eigenvalue weighted by molar-refractivity contribution is 4.85. The zero-order chi connectivity index (χ0) is 8.27. The van der Waals surface area contributed by atoms with E-state index >= 15 is 0 Å². The van der Waals surface area contributed by atoms with Gasteiger partial charge in [-0.05, 0) is 6.42 Å². The molecule has 1 heterocycles. The van der Waals surface area contributed by atoms with E-state index in [0.717, 1.165) is 6.42 Å². The van der Waals surface area contributed by atoms with E-state index in [2.05, 4.69) is 6.58 Å². The molecule has 1 aliphatic rings. The van der Waals surface area contributed by atoms with Gasteiger partial charge in [0.1, 0.15) is 6.10 Å². The van der Waals surface area contributed by atoms with Crippen molar-refractivity contribution in [2.45, 2.75) is 31.2 Å². The average Bonchev–Trinajstić information content (AvgIpc) is 2.32. The highest BCUT2D eigenvalue weighted by Crippen LogP contribution is 2.22. The maximum Gasteiger partial charge on any atom is 0.107 e. The Kier molecular flexibility index (Phi) is 3.05. The van der Waals surface area contributed by atoms with Crippen molar-refractivity contribution in [2.75, 3.05) is 6.61 Å². The summed E-state index contributed by atoms with van der Waals surface area (Å²) in [5.74, 6) is 0. The maximum absolute atomic E-state index is 9.27. The minimum absolute atomic E-state index is 0.0413. The topological polar surface area (TPSA) is 49.7 Å². The molecular weight excluding hydrogens is 144 g/mol. The predicted octanol–water partition coefficient (Wildman–Crippen LogP) is 0.0732. The fourth-order valence-electron chi connectivity index (χ4n) is 1.32. The fourth-order valence-corrected chi connectivity index (χ4v) is 1.32. The number of rotatable bonds is 3. The van der Waals surface area contributed by atoms with E-state index in [4.69, 9.17) is 9.84 Å². The first-order valence-corrected chi connectivity index (χ1v) is 3.83. The van der Waals surface area contributed by atoms with Crippen LogP contribution in [-0.2, 0) is 4.74 Å². The van der Waals surface area contributed by atoms with Gasteiger partial charge in [0.25, 0.3) is 0 Å². The third-order valence-electron chi connectivity index (χ3n) is 1.91. The van der Waals surface area contributed by atoms with Gasteiger partial charge in [0.2, 0.25) is 0 Å². The lowest BCUT2D eigenvalue weighted by molar-refractivity contribution is -0.0208. The van der Waals surface area contributed by atoms with Crippen LogP contribution in [0.3, 0.4) is 0 Å². The molecule has 0 saturated carbocycles. The van der Waals surface area contributed by atoms with Crippen LogP contribution in [0.1, 0.15) is 12.8 Å². The van der Waals surface area contributed by atoms with Crippen LogP contribution in [0.2, 0.25) is 0 Å². The molecule has 0 aliphatic carbocycles. The van der Waals surface area contributed by atoms with Gasteiger partial charge in [0.05, 0.1) is 18.8 Å². The average molecular weight is 158 g/mol. The molecule has 0 amide bonds. The number of hydrogen-bond acceptors (Lipinski definition) is 3. The van der Waals surface area contributed by atoms with Crippen molar-refractivity contribution in [1.82, 2.24) is 0 Å². The van der Waals surface area contributed by atoms with Gasteiger partial charge in [-0.25, -0.2) is 0 Å². The summed E-state index contributed by atoms with van der Waals surface area (Å²) in [5.41, 5.74) is 0. The van der Waals surface area contributed by atoms with Crippen LogP contribution in [0, 0.1) is 0 Å². The summed E-state index contributed by atoms with van der Waals surface area (Å²) < 4.78 is 5.29. The van der Waals surface area contributed by atoms with E-state index in [1.165, 1.54) is 0 Å². The van der Waals surface area contributed by atoms with Crippen LogP contribution in [0.15, 0.2) is 12.7 Å². The molecule has 0 unspecified atom stereocenters. The molecule has 0 aromatic heterocycles. The molecule has 0 aromatic rings. The summed E-state index contributed by atoms with van der Waals surface area (Å²) in [6, 6.07) is 0. The SMILES string of the molecule is C=CC[C@@H]1C[C@H](O)[C@@H](CO)O1. The Hall–Kier alpha value is -0.380.